The first-order valence-electron chi connectivity index (χ1n) is 12.5. The van der Waals surface area contributed by atoms with Crippen molar-refractivity contribution in [2.24, 2.45) is 11.6 Å². The highest BCUT2D eigenvalue weighted by atomic mass is 19.1. The summed E-state index contributed by atoms with van der Waals surface area (Å²) in [5.74, 6) is 4.63. The van der Waals surface area contributed by atoms with Crippen LogP contribution in [0.1, 0.15) is 34.8 Å². The van der Waals surface area contributed by atoms with Gasteiger partial charge in [-0.1, -0.05) is 48.5 Å². The highest BCUT2D eigenvalue weighted by Crippen LogP contribution is 2.22. The van der Waals surface area contributed by atoms with Gasteiger partial charge in [-0.3, -0.25) is 19.6 Å². The van der Waals surface area contributed by atoms with Crippen molar-refractivity contribution in [3.8, 4) is 11.1 Å². The first-order chi connectivity index (χ1) is 19.1. The van der Waals surface area contributed by atoms with Gasteiger partial charge in [0.05, 0.1) is 19.0 Å². The molecule has 0 aromatic heterocycles. The standard InChI is InChI=1S/C29H33FN6O4/c1-19(37)33-16-21-4-8-23(9-5-21)22-6-2-20(3-7-22)14-27(15-28(38)35-40)36(32)18-26(31)17-34-29(39)24-10-12-25(30)13-11-24/h2-13,18,27,40H,14-17,31-32H2,1H3,(H,33,37)(H,34,39)(H,35,38)/b26-18-. The average Bonchev–Trinajstić information content (AvgIpc) is 2.95. The van der Waals surface area contributed by atoms with Crippen molar-refractivity contribution in [3.63, 3.8) is 0 Å². The van der Waals surface area contributed by atoms with Crippen molar-refractivity contribution in [1.82, 2.24) is 21.1 Å². The summed E-state index contributed by atoms with van der Waals surface area (Å²) in [6, 6.07) is 20.2. The number of nitrogens with zero attached hydrogens (tertiary/aromatic N) is 1. The molecule has 0 saturated carbocycles. The number of amides is 3. The van der Waals surface area contributed by atoms with Gasteiger partial charge < -0.3 is 21.4 Å². The Bertz CT molecular complexity index is 1330. The van der Waals surface area contributed by atoms with Gasteiger partial charge in [-0.25, -0.2) is 15.7 Å². The molecule has 10 nitrogen and oxygen atoms in total. The molecule has 0 heterocycles. The summed E-state index contributed by atoms with van der Waals surface area (Å²) >= 11 is 0. The van der Waals surface area contributed by atoms with E-state index in [2.05, 4.69) is 10.6 Å². The molecule has 11 heteroatoms. The maximum atomic E-state index is 13.1. The van der Waals surface area contributed by atoms with E-state index in [9.17, 15) is 18.8 Å². The molecule has 0 aliphatic rings. The fraction of sp³-hybridized carbons (Fsp3) is 0.207. The summed E-state index contributed by atoms with van der Waals surface area (Å²) in [4.78, 5) is 35.3. The highest BCUT2D eigenvalue weighted by Gasteiger charge is 2.19. The van der Waals surface area contributed by atoms with Crippen LogP contribution in [0.25, 0.3) is 11.1 Å². The Morgan fingerprint density at radius 2 is 1.50 bits per heavy atom. The lowest BCUT2D eigenvalue weighted by Crippen LogP contribution is -2.42. The molecule has 3 rings (SSSR count). The Morgan fingerprint density at radius 1 is 0.925 bits per heavy atom. The molecule has 1 atom stereocenters. The normalized spacial score (nSPS) is 11.8. The first-order valence-corrected chi connectivity index (χ1v) is 12.5. The molecule has 3 aromatic carbocycles. The minimum absolute atomic E-state index is 0.0267. The number of hydrogen-bond acceptors (Lipinski definition) is 7. The molecule has 210 valence electrons. The molecule has 0 spiro atoms. The Balaban J connectivity index is 1.64. The van der Waals surface area contributed by atoms with Gasteiger partial charge in [0.15, 0.2) is 0 Å². The van der Waals surface area contributed by atoms with Gasteiger partial charge in [0, 0.05) is 30.9 Å². The molecule has 3 aromatic rings. The Kier molecular flexibility index (Phi) is 10.7. The average molecular weight is 549 g/mol. The predicted molar refractivity (Wildman–Crippen MR) is 148 cm³/mol. The second kappa shape index (κ2) is 14.4. The number of benzene rings is 3. The van der Waals surface area contributed by atoms with Crippen LogP contribution in [-0.4, -0.2) is 40.5 Å². The van der Waals surface area contributed by atoms with E-state index < -0.39 is 23.7 Å². The van der Waals surface area contributed by atoms with E-state index in [1.807, 2.05) is 48.5 Å². The third kappa shape index (κ3) is 9.22. The third-order valence-electron chi connectivity index (χ3n) is 6.10. The van der Waals surface area contributed by atoms with E-state index in [1.165, 1.54) is 42.4 Å². The molecule has 1 unspecified atom stereocenters. The SMILES string of the molecule is CC(=O)NCc1ccc(-c2ccc(CC(CC(=O)NO)N(N)/C=C(\N)CNC(=O)c3ccc(F)cc3)cc2)cc1. The highest BCUT2D eigenvalue weighted by molar-refractivity contribution is 5.94. The van der Waals surface area contributed by atoms with Gasteiger partial charge in [-0.05, 0) is 52.9 Å². The number of hydrazine groups is 1. The van der Waals surface area contributed by atoms with E-state index in [4.69, 9.17) is 16.8 Å². The van der Waals surface area contributed by atoms with Crippen LogP contribution in [0.3, 0.4) is 0 Å². The van der Waals surface area contributed by atoms with E-state index >= 15 is 0 Å². The topological polar surface area (TPSA) is 163 Å². The maximum Gasteiger partial charge on any atom is 0.251 e. The third-order valence-corrected chi connectivity index (χ3v) is 6.10. The molecular formula is C29H33FN6O4. The minimum atomic E-state index is -0.618. The number of nitrogens with two attached hydrogens (primary N) is 2. The second-order valence-corrected chi connectivity index (χ2v) is 9.24. The molecule has 0 fully saturated rings. The lowest BCUT2D eigenvalue weighted by atomic mass is 9.98. The Morgan fingerprint density at radius 3 is 2.05 bits per heavy atom. The number of nitrogens with one attached hydrogen (secondary N) is 3. The summed E-state index contributed by atoms with van der Waals surface area (Å²) in [5.41, 5.74) is 12.1. The van der Waals surface area contributed by atoms with Crippen LogP contribution in [0.4, 0.5) is 4.39 Å². The van der Waals surface area contributed by atoms with Crippen molar-refractivity contribution >= 4 is 17.7 Å². The van der Waals surface area contributed by atoms with Gasteiger partial charge in [0.1, 0.15) is 5.82 Å². The maximum absolute atomic E-state index is 13.1. The van der Waals surface area contributed by atoms with Crippen LogP contribution in [-0.2, 0) is 22.6 Å². The quantitative estimate of drug-likeness (QED) is 0.115. The summed E-state index contributed by atoms with van der Waals surface area (Å²) < 4.78 is 13.1. The monoisotopic (exact) mass is 548 g/mol. The summed E-state index contributed by atoms with van der Waals surface area (Å²) in [5, 5.41) is 15.7. The van der Waals surface area contributed by atoms with E-state index in [0.717, 1.165) is 22.3 Å². The first kappa shape index (κ1) is 29.8. The lowest BCUT2D eigenvalue weighted by molar-refractivity contribution is -0.130. The van der Waals surface area contributed by atoms with Crippen LogP contribution in [0, 0.1) is 5.82 Å². The fourth-order valence-corrected chi connectivity index (χ4v) is 3.92. The molecule has 40 heavy (non-hydrogen) atoms. The molecule has 0 saturated heterocycles. The second-order valence-electron chi connectivity index (χ2n) is 9.24. The number of carbonyl (C=O) groups excluding carboxylic acids is 3. The minimum Gasteiger partial charge on any atom is -0.399 e. The van der Waals surface area contributed by atoms with Gasteiger partial charge in [-0.15, -0.1) is 0 Å². The van der Waals surface area contributed by atoms with Crippen molar-refractivity contribution in [1.29, 1.82) is 0 Å². The van der Waals surface area contributed by atoms with Crippen LogP contribution < -0.4 is 27.7 Å². The summed E-state index contributed by atoms with van der Waals surface area (Å²) in [6.45, 7) is 1.91. The zero-order valence-corrected chi connectivity index (χ0v) is 22.1. The number of rotatable bonds is 12. The van der Waals surface area contributed by atoms with Gasteiger partial charge in [-0.2, -0.15) is 0 Å². The summed E-state index contributed by atoms with van der Waals surface area (Å²) in [6.07, 6.45) is 1.67. The molecule has 0 aliphatic heterocycles. The number of hydroxylamine groups is 1. The molecule has 3 amide bonds. The molecule has 0 aliphatic carbocycles. The smallest absolute Gasteiger partial charge is 0.251 e. The van der Waals surface area contributed by atoms with Crippen molar-refractivity contribution in [2.45, 2.75) is 32.4 Å². The zero-order chi connectivity index (χ0) is 29.1. The number of halogens is 1. The molecular weight excluding hydrogens is 515 g/mol. The van der Waals surface area contributed by atoms with Crippen LogP contribution >= 0.6 is 0 Å². The fourth-order valence-electron chi connectivity index (χ4n) is 3.92. The van der Waals surface area contributed by atoms with Gasteiger partial charge >= 0.3 is 0 Å². The largest absolute Gasteiger partial charge is 0.399 e. The zero-order valence-electron chi connectivity index (χ0n) is 22.1. The van der Waals surface area contributed by atoms with Gasteiger partial charge in [0.25, 0.3) is 5.91 Å². The summed E-state index contributed by atoms with van der Waals surface area (Å²) in [7, 11) is 0. The lowest BCUT2D eigenvalue weighted by Gasteiger charge is -2.26. The van der Waals surface area contributed by atoms with Crippen molar-refractivity contribution in [3.05, 3.63) is 107 Å². The van der Waals surface area contributed by atoms with Crippen molar-refractivity contribution in [2.75, 3.05) is 6.54 Å². The predicted octanol–water partition coefficient (Wildman–Crippen LogP) is 2.34. The van der Waals surface area contributed by atoms with Gasteiger partial charge in [0.2, 0.25) is 11.8 Å². The van der Waals surface area contributed by atoms with Crippen LogP contribution in [0.15, 0.2) is 84.7 Å². The number of hydrogen-bond donors (Lipinski definition) is 6. The van der Waals surface area contributed by atoms with E-state index in [1.54, 1.807) is 5.48 Å². The van der Waals surface area contributed by atoms with Crippen LogP contribution in [0.2, 0.25) is 0 Å². The van der Waals surface area contributed by atoms with Crippen molar-refractivity contribution < 1.29 is 24.0 Å². The Labute approximate surface area is 231 Å². The number of carbonyl (C=O) groups is 3. The van der Waals surface area contributed by atoms with Crippen LogP contribution in [0.5, 0.6) is 0 Å². The molecule has 0 bridgehead atoms. The Hall–Kier alpha value is -4.74. The molecule has 8 N–H and O–H groups in total. The van der Waals surface area contributed by atoms with E-state index in [0.29, 0.717) is 13.0 Å². The molecule has 0 radical (unpaired) electrons. The van der Waals surface area contributed by atoms with E-state index in [-0.39, 0.29) is 30.1 Å².